The summed E-state index contributed by atoms with van der Waals surface area (Å²) in [6.07, 6.45) is 0.133. The number of hydrogen-bond acceptors (Lipinski definition) is 3. The van der Waals surface area contributed by atoms with Gasteiger partial charge in [0.2, 0.25) is 5.91 Å². The summed E-state index contributed by atoms with van der Waals surface area (Å²) in [4.78, 5) is 34.5. The van der Waals surface area contributed by atoms with Gasteiger partial charge in [-0.2, -0.15) is 0 Å². The lowest BCUT2D eigenvalue weighted by Crippen LogP contribution is -2.42. The molecule has 0 aromatic rings. The van der Waals surface area contributed by atoms with Crippen molar-refractivity contribution in [2.24, 2.45) is 0 Å². The van der Waals surface area contributed by atoms with Crippen LogP contribution in [0, 0.1) is 0 Å². The molecule has 0 saturated heterocycles. The first-order valence-corrected chi connectivity index (χ1v) is 6.02. The van der Waals surface area contributed by atoms with Gasteiger partial charge in [-0.1, -0.05) is 0 Å². The van der Waals surface area contributed by atoms with Crippen molar-refractivity contribution in [2.45, 2.75) is 26.7 Å². The molecule has 0 atom stereocenters. The van der Waals surface area contributed by atoms with Crippen LogP contribution >= 0.6 is 0 Å². The number of carboxylic acid groups (broad SMARTS) is 1. The molecule has 104 valence electrons. The zero-order valence-corrected chi connectivity index (χ0v) is 10.9. The summed E-state index contributed by atoms with van der Waals surface area (Å²) >= 11 is 0. The number of nitrogens with one attached hydrogen (secondary N) is 2. The van der Waals surface area contributed by atoms with E-state index < -0.39 is 5.97 Å². The Morgan fingerprint density at radius 3 is 2.28 bits per heavy atom. The Labute approximate surface area is 107 Å². The topological polar surface area (TPSA) is 98.7 Å². The van der Waals surface area contributed by atoms with Gasteiger partial charge in [0.05, 0.1) is 6.42 Å². The smallest absolute Gasteiger partial charge is 0.317 e. The molecule has 3 amide bonds. The molecule has 0 heterocycles. The number of carbonyl (C=O) groups excluding carboxylic acids is 2. The summed E-state index contributed by atoms with van der Waals surface area (Å²) in [6.45, 7) is 4.99. The fourth-order valence-electron chi connectivity index (χ4n) is 1.31. The quantitative estimate of drug-likeness (QED) is 0.572. The number of nitrogens with zero attached hydrogens (tertiary/aromatic N) is 1. The summed E-state index contributed by atoms with van der Waals surface area (Å²) in [5.41, 5.74) is 0. The third kappa shape index (κ3) is 7.48. The van der Waals surface area contributed by atoms with E-state index in [4.69, 9.17) is 5.11 Å². The fourth-order valence-corrected chi connectivity index (χ4v) is 1.31. The van der Waals surface area contributed by atoms with Crippen molar-refractivity contribution in [2.75, 3.05) is 26.2 Å². The maximum absolute atomic E-state index is 11.6. The van der Waals surface area contributed by atoms with E-state index in [2.05, 4.69) is 10.6 Å². The van der Waals surface area contributed by atoms with Crippen molar-refractivity contribution in [3.05, 3.63) is 0 Å². The van der Waals surface area contributed by atoms with E-state index >= 15 is 0 Å². The molecule has 0 bridgehead atoms. The zero-order chi connectivity index (χ0) is 14.0. The van der Waals surface area contributed by atoms with Crippen LogP contribution in [0.3, 0.4) is 0 Å². The van der Waals surface area contributed by atoms with Crippen LogP contribution in [0.1, 0.15) is 26.7 Å². The lowest BCUT2D eigenvalue weighted by Gasteiger charge is -2.20. The molecule has 7 nitrogen and oxygen atoms in total. The molecule has 3 N–H and O–H groups in total. The molecule has 18 heavy (non-hydrogen) atoms. The highest BCUT2D eigenvalue weighted by molar-refractivity contribution is 5.78. The molecule has 0 unspecified atom stereocenters. The van der Waals surface area contributed by atoms with Crippen LogP contribution in [-0.2, 0) is 9.59 Å². The highest BCUT2D eigenvalue weighted by Gasteiger charge is 2.12. The van der Waals surface area contributed by atoms with E-state index in [9.17, 15) is 14.4 Å². The minimum Gasteiger partial charge on any atom is -0.481 e. The highest BCUT2D eigenvalue weighted by atomic mass is 16.4. The Hall–Kier alpha value is -1.79. The van der Waals surface area contributed by atoms with E-state index in [1.165, 1.54) is 4.90 Å². The maximum Gasteiger partial charge on any atom is 0.317 e. The van der Waals surface area contributed by atoms with Crippen molar-refractivity contribution < 1.29 is 19.5 Å². The molecule has 0 aliphatic heterocycles. The first kappa shape index (κ1) is 16.2. The van der Waals surface area contributed by atoms with Gasteiger partial charge in [-0.3, -0.25) is 9.59 Å². The summed E-state index contributed by atoms with van der Waals surface area (Å²) in [5, 5.41) is 13.7. The van der Waals surface area contributed by atoms with E-state index in [0.717, 1.165) is 0 Å². The van der Waals surface area contributed by atoms with Gasteiger partial charge >= 0.3 is 12.0 Å². The number of hydrogen-bond donors (Lipinski definition) is 3. The van der Waals surface area contributed by atoms with Gasteiger partial charge in [-0.15, -0.1) is 0 Å². The Bertz CT molecular complexity index is 294. The minimum absolute atomic E-state index is 0.0857. The van der Waals surface area contributed by atoms with Crippen molar-refractivity contribution in [3.8, 4) is 0 Å². The maximum atomic E-state index is 11.6. The number of rotatable bonds is 8. The second kappa shape index (κ2) is 9.26. The zero-order valence-electron chi connectivity index (χ0n) is 10.9. The molecular weight excluding hydrogens is 238 g/mol. The average molecular weight is 259 g/mol. The Kier molecular flexibility index (Phi) is 8.34. The summed E-state index contributed by atoms with van der Waals surface area (Å²) < 4.78 is 0. The predicted octanol–water partition coefficient (Wildman–Crippen LogP) is 0.0188. The normalized spacial score (nSPS) is 9.67. The SMILES string of the molecule is CCNC(=O)CCNC(=O)N(CC)CCC(=O)O. The summed E-state index contributed by atoms with van der Waals surface area (Å²) in [7, 11) is 0. The summed E-state index contributed by atoms with van der Waals surface area (Å²) in [5.74, 6) is -1.06. The lowest BCUT2D eigenvalue weighted by molar-refractivity contribution is -0.137. The lowest BCUT2D eigenvalue weighted by atomic mass is 10.3. The number of carbonyl (C=O) groups is 3. The fraction of sp³-hybridized carbons (Fsp3) is 0.727. The van der Waals surface area contributed by atoms with Crippen molar-refractivity contribution in [3.63, 3.8) is 0 Å². The molecule has 0 aromatic carbocycles. The number of aliphatic carboxylic acids is 1. The predicted molar refractivity (Wildman–Crippen MR) is 66.2 cm³/mol. The molecule has 0 aliphatic carbocycles. The van der Waals surface area contributed by atoms with E-state index in [-0.39, 0.29) is 37.9 Å². The van der Waals surface area contributed by atoms with Gasteiger partial charge in [-0.05, 0) is 13.8 Å². The molecule has 0 saturated carbocycles. The molecule has 0 aliphatic rings. The van der Waals surface area contributed by atoms with Crippen molar-refractivity contribution >= 4 is 17.9 Å². The molecule has 0 aromatic heterocycles. The van der Waals surface area contributed by atoms with Crippen LogP contribution in [0.25, 0.3) is 0 Å². The molecule has 0 fully saturated rings. The standard InChI is InChI=1S/C11H21N3O4/c1-3-12-9(15)5-7-13-11(18)14(4-2)8-6-10(16)17/h3-8H2,1-2H3,(H,12,15)(H,13,18)(H,16,17). The Balaban J connectivity index is 3.90. The van der Waals surface area contributed by atoms with Gasteiger partial charge in [0.15, 0.2) is 0 Å². The van der Waals surface area contributed by atoms with Crippen LogP contribution in [0.2, 0.25) is 0 Å². The van der Waals surface area contributed by atoms with Gasteiger partial charge in [0, 0.05) is 32.6 Å². The third-order valence-corrected chi connectivity index (χ3v) is 2.27. The van der Waals surface area contributed by atoms with E-state index in [1.807, 2.05) is 6.92 Å². The Morgan fingerprint density at radius 1 is 1.11 bits per heavy atom. The first-order chi connectivity index (χ1) is 8.51. The third-order valence-electron chi connectivity index (χ3n) is 2.27. The van der Waals surface area contributed by atoms with Gasteiger partial charge in [-0.25, -0.2) is 4.79 Å². The highest BCUT2D eigenvalue weighted by Crippen LogP contribution is 1.93. The van der Waals surface area contributed by atoms with E-state index in [1.54, 1.807) is 6.92 Å². The number of amides is 3. The van der Waals surface area contributed by atoms with Gasteiger partial charge in [0.25, 0.3) is 0 Å². The molecule has 0 radical (unpaired) electrons. The second-order valence-corrected chi connectivity index (χ2v) is 3.66. The van der Waals surface area contributed by atoms with E-state index in [0.29, 0.717) is 13.1 Å². The Morgan fingerprint density at radius 2 is 1.78 bits per heavy atom. The monoisotopic (exact) mass is 259 g/mol. The molecule has 0 spiro atoms. The van der Waals surface area contributed by atoms with Crippen molar-refractivity contribution in [1.82, 2.24) is 15.5 Å². The summed E-state index contributed by atoms with van der Waals surface area (Å²) in [6, 6.07) is -0.344. The molecular formula is C11H21N3O4. The van der Waals surface area contributed by atoms with Crippen molar-refractivity contribution in [1.29, 1.82) is 0 Å². The second-order valence-electron chi connectivity index (χ2n) is 3.66. The van der Waals surface area contributed by atoms with Crippen LogP contribution in [0.5, 0.6) is 0 Å². The minimum atomic E-state index is -0.941. The van der Waals surface area contributed by atoms with Crippen LogP contribution in [-0.4, -0.2) is 54.1 Å². The first-order valence-electron chi connectivity index (χ1n) is 6.02. The van der Waals surface area contributed by atoms with Gasteiger partial charge < -0.3 is 20.6 Å². The van der Waals surface area contributed by atoms with Crippen LogP contribution in [0.4, 0.5) is 4.79 Å². The molecule has 0 rings (SSSR count). The van der Waals surface area contributed by atoms with Gasteiger partial charge in [0.1, 0.15) is 0 Å². The number of carboxylic acids is 1. The van der Waals surface area contributed by atoms with Crippen LogP contribution < -0.4 is 10.6 Å². The van der Waals surface area contributed by atoms with Crippen LogP contribution in [0.15, 0.2) is 0 Å². The number of urea groups is 1. The average Bonchev–Trinajstić information content (AvgIpc) is 2.29. The molecule has 7 heteroatoms. The largest absolute Gasteiger partial charge is 0.481 e.